The first-order valence-electron chi connectivity index (χ1n) is 12.4. The number of ether oxygens (including phenoxy) is 1. The van der Waals surface area contributed by atoms with Crippen LogP contribution in [0.5, 0.6) is 11.5 Å². The van der Waals surface area contributed by atoms with Crippen LogP contribution in [0.3, 0.4) is 0 Å². The molecule has 0 bridgehead atoms. The number of sulfone groups is 1. The summed E-state index contributed by atoms with van der Waals surface area (Å²) in [6.07, 6.45) is 0.322. The number of rotatable bonds is 11. The zero-order valence-electron chi connectivity index (χ0n) is 21.4. The topological polar surface area (TPSA) is 110 Å². The minimum absolute atomic E-state index is 0.0725. The monoisotopic (exact) mass is 543 g/mol. The molecule has 1 amide bonds. The lowest BCUT2D eigenvalue weighted by molar-refractivity contribution is -0.116. The van der Waals surface area contributed by atoms with Crippen molar-refractivity contribution in [2.75, 3.05) is 11.1 Å². The largest absolute Gasteiger partial charge is 0.478 e. The Hall–Kier alpha value is -4.43. The van der Waals surface area contributed by atoms with Crippen molar-refractivity contribution in [2.45, 2.75) is 30.6 Å². The van der Waals surface area contributed by atoms with Crippen molar-refractivity contribution >= 4 is 27.4 Å². The minimum Gasteiger partial charge on any atom is -0.478 e. The molecule has 8 heteroatoms. The summed E-state index contributed by atoms with van der Waals surface area (Å²) in [7, 11) is -3.61. The molecule has 0 heterocycles. The van der Waals surface area contributed by atoms with Crippen molar-refractivity contribution in [3.63, 3.8) is 0 Å². The van der Waals surface area contributed by atoms with Gasteiger partial charge < -0.3 is 15.2 Å². The van der Waals surface area contributed by atoms with Crippen molar-refractivity contribution in [1.82, 2.24) is 0 Å². The van der Waals surface area contributed by atoms with E-state index in [1.165, 1.54) is 36.4 Å². The summed E-state index contributed by atoms with van der Waals surface area (Å²) >= 11 is 0. The first-order valence-corrected chi connectivity index (χ1v) is 14.1. The Morgan fingerprint density at radius 1 is 0.821 bits per heavy atom. The van der Waals surface area contributed by atoms with E-state index in [0.29, 0.717) is 17.2 Å². The minimum atomic E-state index is -3.61. The van der Waals surface area contributed by atoms with Gasteiger partial charge in [0.25, 0.3) is 0 Å². The van der Waals surface area contributed by atoms with Gasteiger partial charge in [-0.15, -0.1) is 0 Å². The maximum Gasteiger partial charge on any atom is 0.335 e. The number of carboxylic acid groups (broad SMARTS) is 1. The number of aryl methyl sites for hydroxylation is 1. The summed E-state index contributed by atoms with van der Waals surface area (Å²) < 4.78 is 32.1. The highest BCUT2D eigenvalue weighted by atomic mass is 32.2. The number of amides is 1. The third-order valence-electron chi connectivity index (χ3n) is 6.29. The Morgan fingerprint density at radius 2 is 1.44 bits per heavy atom. The Balaban J connectivity index is 1.44. The molecule has 4 aromatic rings. The highest BCUT2D eigenvalue weighted by Gasteiger charge is 2.22. The van der Waals surface area contributed by atoms with E-state index in [1.807, 2.05) is 61.5 Å². The number of hydrogen-bond donors (Lipinski definition) is 2. The Labute approximate surface area is 228 Å². The molecule has 0 aliphatic rings. The second kappa shape index (κ2) is 12.4. The average molecular weight is 544 g/mol. The third kappa shape index (κ3) is 7.78. The Kier molecular flexibility index (Phi) is 8.78. The van der Waals surface area contributed by atoms with E-state index in [0.717, 1.165) is 11.1 Å². The van der Waals surface area contributed by atoms with Crippen LogP contribution in [-0.2, 0) is 14.6 Å². The van der Waals surface area contributed by atoms with Gasteiger partial charge in [0.15, 0.2) is 9.84 Å². The van der Waals surface area contributed by atoms with Crippen LogP contribution in [0, 0.1) is 6.92 Å². The number of hydrogen-bond acceptors (Lipinski definition) is 5. The molecule has 2 N–H and O–H groups in total. The zero-order valence-corrected chi connectivity index (χ0v) is 22.2. The normalized spacial score (nSPS) is 11.9. The van der Waals surface area contributed by atoms with Crippen LogP contribution in [0.2, 0.25) is 0 Å². The van der Waals surface area contributed by atoms with Gasteiger partial charge in [-0.2, -0.15) is 0 Å². The summed E-state index contributed by atoms with van der Waals surface area (Å²) in [5, 5.41) is 11.8. The maximum absolute atomic E-state index is 13.2. The van der Waals surface area contributed by atoms with Gasteiger partial charge in [-0.25, -0.2) is 13.2 Å². The van der Waals surface area contributed by atoms with Gasteiger partial charge in [0.1, 0.15) is 11.5 Å². The molecule has 0 saturated heterocycles. The van der Waals surface area contributed by atoms with Gasteiger partial charge >= 0.3 is 5.97 Å². The fraction of sp³-hybridized carbons (Fsp3) is 0.161. The van der Waals surface area contributed by atoms with Crippen molar-refractivity contribution in [1.29, 1.82) is 0 Å². The highest BCUT2D eigenvalue weighted by molar-refractivity contribution is 7.91. The van der Waals surface area contributed by atoms with Gasteiger partial charge in [0.05, 0.1) is 16.2 Å². The smallest absolute Gasteiger partial charge is 0.335 e. The number of aromatic carboxylic acids is 1. The van der Waals surface area contributed by atoms with Crippen LogP contribution in [0.15, 0.2) is 108 Å². The SMILES string of the molecule is Cc1ccc(C(CCS(=O)(=O)c2ccc(Oc3ccccc3)cc2)CC(=O)Nc2ccc(C(=O)O)cc2)cc1. The van der Waals surface area contributed by atoms with Crippen LogP contribution >= 0.6 is 0 Å². The molecule has 0 radical (unpaired) electrons. The number of para-hydroxylation sites is 1. The quantitative estimate of drug-likeness (QED) is 0.225. The molecule has 4 aromatic carbocycles. The van der Waals surface area contributed by atoms with Gasteiger partial charge in [0.2, 0.25) is 5.91 Å². The van der Waals surface area contributed by atoms with Crippen LogP contribution in [0.25, 0.3) is 0 Å². The number of carbonyl (C=O) groups excluding carboxylic acids is 1. The molecule has 1 unspecified atom stereocenters. The lowest BCUT2D eigenvalue weighted by Gasteiger charge is -2.18. The number of carboxylic acids is 1. The zero-order chi connectivity index (χ0) is 27.8. The fourth-order valence-electron chi connectivity index (χ4n) is 4.11. The first-order chi connectivity index (χ1) is 18.7. The molecule has 0 fully saturated rings. The van der Waals surface area contributed by atoms with Gasteiger partial charge in [-0.3, -0.25) is 4.79 Å². The van der Waals surface area contributed by atoms with E-state index in [9.17, 15) is 18.0 Å². The van der Waals surface area contributed by atoms with Crippen LogP contribution < -0.4 is 10.1 Å². The molecule has 0 spiro atoms. The molecule has 39 heavy (non-hydrogen) atoms. The predicted molar refractivity (Wildman–Crippen MR) is 150 cm³/mol. The second-order valence-electron chi connectivity index (χ2n) is 9.24. The molecule has 7 nitrogen and oxygen atoms in total. The maximum atomic E-state index is 13.2. The Bertz CT molecular complexity index is 1520. The molecule has 200 valence electrons. The van der Waals surface area contributed by atoms with E-state index in [2.05, 4.69) is 5.32 Å². The van der Waals surface area contributed by atoms with Crippen molar-refractivity contribution in [3.05, 3.63) is 120 Å². The van der Waals surface area contributed by atoms with Crippen LogP contribution in [-0.4, -0.2) is 31.2 Å². The van der Waals surface area contributed by atoms with E-state index in [4.69, 9.17) is 9.84 Å². The third-order valence-corrected chi connectivity index (χ3v) is 8.06. The number of carbonyl (C=O) groups is 2. The summed E-state index contributed by atoms with van der Waals surface area (Å²) in [5.41, 5.74) is 2.53. The molecule has 0 aromatic heterocycles. The number of anilines is 1. The number of nitrogens with one attached hydrogen (secondary N) is 1. The standard InChI is InChI=1S/C31H29NO6S/c1-22-7-9-23(10-8-22)25(21-30(33)32-26-13-11-24(12-14-26)31(34)35)19-20-39(36,37)29-17-15-28(16-18-29)38-27-5-3-2-4-6-27/h2-18,25H,19-21H2,1H3,(H,32,33)(H,34,35). The highest BCUT2D eigenvalue weighted by Crippen LogP contribution is 2.28. The molecule has 0 aliphatic heterocycles. The molecule has 1 atom stereocenters. The fourth-order valence-corrected chi connectivity index (χ4v) is 5.49. The molecule has 0 aliphatic carbocycles. The van der Waals surface area contributed by atoms with Crippen LogP contribution in [0.1, 0.15) is 40.2 Å². The lowest BCUT2D eigenvalue weighted by Crippen LogP contribution is -2.18. The van der Waals surface area contributed by atoms with Gasteiger partial charge in [-0.1, -0.05) is 48.0 Å². The number of benzene rings is 4. The molecular formula is C31H29NO6S. The van der Waals surface area contributed by atoms with Gasteiger partial charge in [-0.05, 0) is 85.5 Å². The predicted octanol–water partition coefficient (Wildman–Crippen LogP) is 6.46. The van der Waals surface area contributed by atoms with Crippen molar-refractivity contribution < 1.29 is 27.9 Å². The van der Waals surface area contributed by atoms with Gasteiger partial charge in [0, 0.05) is 12.1 Å². The van der Waals surface area contributed by atoms with Crippen molar-refractivity contribution in [3.8, 4) is 11.5 Å². The summed E-state index contributed by atoms with van der Waals surface area (Å²) in [4.78, 5) is 24.1. The van der Waals surface area contributed by atoms with Crippen LogP contribution in [0.4, 0.5) is 5.69 Å². The lowest BCUT2D eigenvalue weighted by atomic mass is 9.92. The summed E-state index contributed by atoms with van der Waals surface area (Å²) in [6.45, 7) is 1.96. The molecular weight excluding hydrogens is 514 g/mol. The van der Waals surface area contributed by atoms with Crippen molar-refractivity contribution in [2.24, 2.45) is 0 Å². The van der Waals surface area contributed by atoms with E-state index in [1.54, 1.807) is 12.1 Å². The second-order valence-corrected chi connectivity index (χ2v) is 11.3. The van der Waals surface area contributed by atoms with E-state index in [-0.39, 0.29) is 40.9 Å². The van der Waals surface area contributed by atoms with E-state index < -0.39 is 15.8 Å². The molecule has 4 rings (SSSR count). The first kappa shape index (κ1) is 27.6. The summed E-state index contributed by atoms with van der Waals surface area (Å²) in [5.74, 6) is -0.615. The summed E-state index contributed by atoms with van der Waals surface area (Å²) in [6, 6.07) is 29.1. The molecule has 0 saturated carbocycles. The van der Waals surface area contributed by atoms with E-state index >= 15 is 0 Å². The average Bonchev–Trinajstić information content (AvgIpc) is 2.93. The Morgan fingerprint density at radius 3 is 2.05 bits per heavy atom.